The Hall–Kier alpha value is -1.75. The molecule has 5 nitrogen and oxygen atoms in total. The third-order valence-electron chi connectivity index (χ3n) is 3.98. The molecule has 0 aromatic heterocycles. The second-order valence-electron chi connectivity index (χ2n) is 5.34. The van der Waals surface area contributed by atoms with Crippen LogP contribution in [-0.4, -0.2) is 50.7 Å². The van der Waals surface area contributed by atoms with Gasteiger partial charge in [-0.25, -0.2) is 0 Å². The van der Waals surface area contributed by atoms with Crippen LogP contribution in [0.2, 0.25) is 0 Å². The van der Waals surface area contributed by atoms with E-state index >= 15 is 0 Å². The van der Waals surface area contributed by atoms with Gasteiger partial charge in [0.1, 0.15) is 17.1 Å². The van der Waals surface area contributed by atoms with Gasteiger partial charge >= 0.3 is 0 Å². The van der Waals surface area contributed by atoms with E-state index in [0.717, 1.165) is 13.1 Å². The van der Waals surface area contributed by atoms with E-state index in [1.807, 2.05) is 0 Å². The first-order valence-corrected chi connectivity index (χ1v) is 7.40. The molecule has 21 heavy (non-hydrogen) atoms. The molecule has 0 radical (unpaired) electrons. The molecule has 0 saturated carbocycles. The van der Waals surface area contributed by atoms with Crippen molar-refractivity contribution in [3.63, 3.8) is 0 Å². The number of hydrogen-bond acceptors (Lipinski definition) is 4. The second kappa shape index (κ2) is 7.31. The molecule has 0 aliphatic carbocycles. The third-order valence-corrected chi connectivity index (χ3v) is 3.98. The second-order valence-corrected chi connectivity index (χ2v) is 5.34. The lowest BCUT2D eigenvalue weighted by Crippen LogP contribution is -2.40. The van der Waals surface area contributed by atoms with Gasteiger partial charge in [-0.05, 0) is 45.0 Å². The number of benzene rings is 1. The summed E-state index contributed by atoms with van der Waals surface area (Å²) in [6.07, 6.45) is 2.50. The zero-order chi connectivity index (χ0) is 15.2. The van der Waals surface area contributed by atoms with E-state index in [0.29, 0.717) is 29.6 Å². The van der Waals surface area contributed by atoms with E-state index in [2.05, 4.69) is 17.1 Å². The Bertz CT molecular complexity index is 462. The van der Waals surface area contributed by atoms with E-state index in [1.165, 1.54) is 12.8 Å². The highest BCUT2D eigenvalue weighted by Gasteiger charge is 2.21. The molecule has 1 aromatic rings. The molecule has 0 spiro atoms. The quantitative estimate of drug-likeness (QED) is 0.870. The molecule has 5 heteroatoms. The van der Waals surface area contributed by atoms with Crippen LogP contribution in [0.3, 0.4) is 0 Å². The van der Waals surface area contributed by atoms with Gasteiger partial charge in [-0.2, -0.15) is 0 Å². The molecule has 1 aliphatic rings. The first-order chi connectivity index (χ1) is 10.2. The van der Waals surface area contributed by atoms with Gasteiger partial charge in [0.05, 0.1) is 14.2 Å². The van der Waals surface area contributed by atoms with Crippen LogP contribution in [0, 0.1) is 0 Å². The molecule has 0 bridgehead atoms. The molecule has 2 rings (SSSR count). The minimum Gasteiger partial charge on any atom is -0.496 e. The molecule has 1 unspecified atom stereocenters. The normalized spacial score (nSPS) is 16.5. The van der Waals surface area contributed by atoms with Gasteiger partial charge in [0.25, 0.3) is 5.91 Å². The van der Waals surface area contributed by atoms with E-state index < -0.39 is 0 Å². The number of hydrogen-bond donors (Lipinski definition) is 1. The van der Waals surface area contributed by atoms with Crippen LogP contribution in [0.25, 0.3) is 0 Å². The summed E-state index contributed by atoms with van der Waals surface area (Å²) in [6, 6.07) is 5.68. The van der Waals surface area contributed by atoms with Crippen molar-refractivity contribution in [1.29, 1.82) is 0 Å². The van der Waals surface area contributed by atoms with Gasteiger partial charge in [-0.3, -0.25) is 9.69 Å². The molecule has 1 aliphatic heterocycles. The van der Waals surface area contributed by atoms with E-state index in [4.69, 9.17) is 9.47 Å². The fourth-order valence-electron chi connectivity index (χ4n) is 2.72. The summed E-state index contributed by atoms with van der Waals surface area (Å²) in [6.45, 7) is 5.01. The van der Waals surface area contributed by atoms with Crippen molar-refractivity contribution < 1.29 is 14.3 Å². The van der Waals surface area contributed by atoms with Crippen molar-refractivity contribution in [2.45, 2.75) is 25.8 Å². The van der Waals surface area contributed by atoms with Crippen molar-refractivity contribution in [3.05, 3.63) is 23.8 Å². The van der Waals surface area contributed by atoms with Crippen LogP contribution in [0.15, 0.2) is 18.2 Å². The lowest BCUT2D eigenvalue weighted by Gasteiger charge is -2.24. The topological polar surface area (TPSA) is 50.8 Å². The number of methoxy groups -OCH3 is 2. The summed E-state index contributed by atoms with van der Waals surface area (Å²) in [4.78, 5) is 14.8. The summed E-state index contributed by atoms with van der Waals surface area (Å²) < 4.78 is 10.5. The lowest BCUT2D eigenvalue weighted by molar-refractivity contribution is 0.0934. The Morgan fingerprint density at radius 3 is 2.33 bits per heavy atom. The van der Waals surface area contributed by atoms with E-state index in [9.17, 15) is 4.79 Å². The van der Waals surface area contributed by atoms with Crippen LogP contribution >= 0.6 is 0 Å². The lowest BCUT2D eigenvalue weighted by atomic mass is 10.1. The number of carbonyl (C=O) groups is 1. The number of ether oxygens (including phenoxy) is 2. The monoisotopic (exact) mass is 292 g/mol. The smallest absolute Gasteiger partial charge is 0.258 e. The minimum absolute atomic E-state index is 0.157. The molecule has 1 heterocycles. The predicted molar refractivity (Wildman–Crippen MR) is 82.1 cm³/mol. The SMILES string of the molecule is COc1cccc(OC)c1C(=O)NCC(C)N1CCCC1. The zero-order valence-electron chi connectivity index (χ0n) is 13.0. The summed E-state index contributed by atoms with van der Waals surface area (Å²) in [5, 5.41) is 2.98. The number of carbonyl (C=O) groups excluding carboxylic acids is 1. The maximum atomic E-state index is 12.4. The summed E-state index contributed by atoms with van der Waals surface area (Å²) >= 11 is 0. The highest BCUT2D eigenvalue weighted by atomic mass is 16.5. The Morgan fingerprint density at radius 1 is 1.24 bits per heavy atom. The molecule has 116 valence electrons. The van der Waals surface area contributed by atoms with Gasteiger partial charge < -0.3 is 14.8 Å². The van der Waals surface area contributed by atoms with E-state index in [-0.39, 0.29) is 5.91 Å². The van der Waals surface area contributed by atoms with Crippen LogP contribution in [0.4, 0.5) is 0 Å². The molecule has 1 N–H and O–H groups in total. The molecule has 1 aromatic carbocycles. The molecular weight excluding hydrogens is 268 g/mol. The Morgan fingerprint density at radius 2 is 1.81 bits per heavy atom. The number of amides is 1. The van der Waals surface area contributed by atoms with Crippen molar-refractivity contribution in [2.24, 2.45) is 0 Å². The average Bonchev–Trinajstić information content (AvgIpc) is 3.05. The molecule has 1 atom stereocenters. The summed E-state index contributed by atoms with van der Waals surface area (Å²) in [5.74, 6) is 0.900. The van der Waals surface area contributed by atoms with E-state index in [1.54, 1.807) is 32.4 Å². The van der Waals surface area contributed by atoms with Gasteiger partial charge in [-0.15, -0.1) is 0 Å². The van der Waals surface area contributed by atoms with Crippen molar-refractivity contribution >= 4 is 5.91 Å². The molecule has 1 amide bonds. The van der Waals surface area contributed by atoms with Crippen LogP contribution < -0.4 is 14.8 Å². The fraction of sp³-hybridized carbons (Fsp3) is 0.562. The highest BCUT2D eigenvalue weighted by Crippen LogP contribution is 2.27. The van der Waals surface area contributed by atoms with Crippen LogP contribution in [0.1, 0.15) is 30.1 Å². The fourth-order valence-corrected chi connectivity index (χ4v) is 2.72. The highest BCUT2D eigenvalue weighted by molar-refractivity contribution is 5.99. The number of likely N-dealkylation sites (tertiary alicyclic amines) is 1. The van der Waals surface area contributed by atoms with Crippen molar-refractivity contribution in [2.75, 3.05) is 33.9 Å². The Balaban J connectivity index is 2.02. The maximum absolute atomic E-state index is 12.4. The van der Waals surface area contributed by atoms with Gasteiger partial charge in [-0.1, -0.05) is 6.07 Å². The average molecular weight is 292 g/mol. The largest absolute Gasteiger partial charge is 0.496 e. The van der Waals surface area contributed by atoms with Crippen molar-refractivity contribution in [1.82, 2.24) is 10.2 Å². The maximum Gasteiger partial charge on any atom is 0.258 e. The Labute approximate surface area is 126 Å². The summed E-state index contributed by atoms with van der Waals surface area (Å²) in [7, 11) is 3.11. The van der Waals surface area contributed by atoms with Crippen LogP contribution in [-0.2, 0) is 0 Å². The first-order valence-electron chi connectivity index (χ1n) is 7.40. The number of rotatable bonds is 6. The molecule has 1 saturated heterocycles. The van der Waals surface area contributed by atoms with Crippen LogP contribution in [0.5, 0.6) is 11.5 Å². The van der Waals surface area contributed by atoms with Gasteiger partial charge in [0.2, 0.25) is 0 Å². The van der Waals surface area contributed by atoms with Gasteiger partial charge in [0.15, 0.2) is 0 Å². The third kappa shape index (κ3) is 3.67. The Kier molecular flexibility index (Phi) is 5.44. The predicted octanol–water partition coefficient (Wildman–Crippen LogP) is 1.92. The molecule has 1 fully saturated rings. The molecular formula is C16H24N2O3. The number of nitrogens with one attached hydrogen (secondary N) is 1. The standard InChI is InChI=1S/C16H24N2O3/c1-12(18-9-4-5-10-18)11-17-16(19)15-13(20-2)7-6-8-14(15)21-3/h6-8,12H,4-5,9-11H2,1-3H3,(H,17,19). The van der Waals surface area contributed by atoms with Gasteiger partial charge in [0, 0.05) is 12.6 Å². The summed E-state index contributed by atoms with van der Waals surface area (Å²) in [5.41, 5.74) is 0.455. The zero-order valence-corrected chi connectivity index (χ0v) is 13.0. The van der Waals surface area contributed by atoms with Crippen molar-refractivity contribution in [3.8, 4) is 11.5 Å². The number of nitrogens with zero attached hydrogens (tertiary/aromatic N) is 1. The minimum atomic E-state index is -0.157. The first kappa shape index (κ1) is 15.6.